The monoisotopic (exact) mass is 233 g/mol. The van der Waals surface area contributed by atoms with E-state index in [9.17, 15) is 5.11 Å². The molecule has 1 aromatic rings. The van der Waals surface area contributed by atoms with Gasteiger partial charge in [-0.05, 0) is 31.9 Å². The maximum absolute atomic E-state index is 10.6. The molecule has 2 rings (SSSR count). The van der Waals surface area contributed by atoms with E-state index in [1.54, 1.807) is 0 Å². The Morgan fingerprint density at radius 3 is 2.59 bits per heavy atom. The summed E-state index contributed by atoms with van der Waals surface area (Å²) < 4.78 is 0. The van der Waals surface area contributed by atoms with Crippen LogP contribution >= 0.6 is 0 Å². The summed E-state index contributed by atoms with van der Waals surface area (Å²) in [5, 5.41) is 10.6. The smallest absolute Gasteiger partial charge is 0.0712 e. The quantitative estimate of drug-likeness (QED) is 0.866. The predicted octanol–water partition coefficient (Wildman–Crippen LogP) is 2.38. The van der Waals surface area contributed by atoms with Gasteiger partial charge in [-0.1, -0.05) is 36.8 Å². The van der Waals surface area contributed by atoms with Crippen molar-refractivity contribution in [2.24, 2.45) is 0 Å². The lowest BCUT2D eigenvalue weighted by atomic mass is 9.85. The molecule has 2 nitrogen and oxygen atoms in total. The predicted molar refractivity (Wildman–Crippen MR) is 71.2 cm³/mol. The summed E-state index contributed by atoms with van der Waals surface area (Å²) >= 11 is 0. The molecule has 0 saturated carbocycles. The number of hydrogen-bond donors (Lipinski definition) is 1. The third-order valence-corrected chi connectivity index (χ3v) is 3.85. The van der Waals surface area contributed by atoms with E-state index in [1.165, 1.54) is 11.1 Å². The van der Waals surface area contributed by atoms with Gasteiger partial charge in [-0.25, -0.2) is 0 Å². The summed E-state index contributed by atoms with van der Waals surface area (Å²) in [6.07, 6.45) is 2.59. The molecule has 0 amide bonds. The molecule has 0 aromatic heterocycles. The molecule has 0 radical (unpaired) electrons. The second-order valence-electron chi connectivity index (χ2n) is 5.32. The van der Waals surface area contributed by atoms with Gasteiger partial charge in [0.05, 0.1) is 5.60 Å². The van der Waals surface area contributed by atoms with E-state index in [-0.39, 0.29) is 0 Å². The third kappa shape index (κ3) is 3.30. The number of benzene rings is 1. The molecule has 0 aliphatic carbocycles. The summed E-state index contributed by atoms with van der Waals surface area (Å²) in [7, 11) is 0. The largest absolute Gasteiger partial charge is 0.389 e. The highest BCUT2D eigenvalue weighted by atomic mass is 16.3. The first-order valence-electron chi connectivity index (χ1n) is 6.61. The Hall–Kier alpha value is -0.860. The fraction of sp³-hybridized carbons (Fsp3) is 0.600. The van der Waals surface area contributed by atoms with Crippen LogP contribution in [0.3, 0.4) is 0 Å². The standard InChI is InChI=1S/C15H23NO/c1-3-16-9-7-15(17,8-10-16)12-14-6-4-5-13(2)11-14/h4-6,11,17H,3,7-10,12H2,1-2H3. The van der Waals surface area contributed by atoms with Gasteiger partial charge in [-0.2, -0.15) is 0 Å². The van der Waals surface area contributed by atoms with E-state index in [4.69, 9.17) is 0 Å². The van der Waals surface area contributed by atoms with Crippen LogP contribution in [0.25, 0.3) is 0 Å². The molecule has 0 bridgehead atoms. The van der Waals surface area contributed by atoms with Crippen molar-refractivity contribution in [1.29, 1.82) is 0 Å². The van der Waals surface area contributed by atoms with Crippen LogP contribution in [0, 0.1) is 6.92 Å². The topological polar surface area (TPSA) is 23.5 Å². The second-order valence-corrected chi connectivity index (χ2v) is 5.32. The molecule has 1 aromatic carbocycles. The summed E-state index contributed by atoms with van der Waals surface area (Å²) in [4.78, 5) is 2.41. The number of piperidine rings is 1. The number of aliphatic hydroxyl groups is 1. The summed E-state index contributed by atoms with van der Waals surface area (Å²) in [6, 6.07) is 8.49. The number of aryl methyl sites for hydroxylation is 1. The average Bonchev–Trinajstić information content (AvgIpc) is 2.29. The highest BCUT2D eigenvalue weighted by molar-refractivity contribution is 5.23. The van der Waals surface area contributed by atoms with Gasteiger partial charge in [0.25, 0.3) is 0 Å². The molecule has 0 unspecified atom stereocenters. The zero-order chi connectivity index (χ0) is 12.3. The summed E-state index contributed by atoms with van der Waals surface area (Å²) in [5.74, 6) is 0. The van der Waals surface area contributed by atoms with E-state index in [2.05, 4.69) is 43.0 Å². The van der Waals surface area contributed by atoms with Crippen LogP contribution in [0.5, 0.6) is 0 Å². The molecule has 1 aliphatic heterocycles. The molecule has 1 heterocycles. The van der Waals surface area contributed by atoms with E-state index >= 15 is 0 Å². The number of rotatable bonds is 3. The minimum Gasteiger partial charge on any atom is -0.389 e. The van der Waals surface area contributed by atoms with Gasteiger partial charge in [0.2, 0.25) is 0 Å². The van der Waals surface area contributed by atoms with Crippen molar-refractivity contribution in [3.63, 3.8) is 0 Å². The highest BCUT2D eigenvalue weighted by Crippen LogP contribution is 2.26. The molecule has 1 N–H and O–H groups in total. The zero-order valence-electron chi connectivity index (χ0n) is 10.9. The van der Waals surface area contributed by atoms with Crippen LogP contribution in [-0.4, -0.2) is 35.2 Å². The molecule has 0 atom stereocenters. The second kappa shape index (κ2) is 5.19. The van der Waals surface area contributed by atoms with Crippen molar-refractivity contribution in [2.45, 2.75) is 38.7 Å². The van der Waals surface area contributed by atoms with Crippen LogP contribution in [0.2, 0.25) is 0 Å². The lowest BCUT2D eigenvalue weighted by molar-refractivity contribution is -0.0194. The number of likely N-dealkylation sites (tertiary alicyclic amines) is 1. The summed E-state index contributed by atoms with van der Waals surface area (Å²) in [6.45, 7) is 7.44. The van der Waals surface area contributed by atoms with Gasteiger partial charge in [0.1, 0.15) is 0 Å². The minimum absolute atomic E-state index is 0.487. The maximum Gasteiger partial charge on any atom is 0.0712 e. The Morgan fingerprint density at radius 2 is 2.00 bits per heavy atom. The normalized spacial score (nSPS) is 20.4. The Labute approximate surface area is 104 Å². The van der Waals surface area contributed by atoms with Gasteiger partial charge in [0.15, 0.2) is 0 Å². The Kier molecular flexibility index (Phi) is 3.85. The Balaban J connectivity index is 1.99. The van der Waals surface area contributed by atoms with Crippen molar-refractivity contribution in [3.05, 3.63) is 35.4 Å². The first kappa shape index (κ1) is 12.6. The van der Waals surface area contributed by atoms with Crippen LogP contribution in [-0.2, 0) is 6.42 Å². The molecule has 94 valence electrons. The van der Waals surface area contributed by atoms with Gasteiger partial charge >= 0.3 is 0 Å². The number of nitrogens with zero attached hydrogens (tertiary/aromatic N) is 1. The van der Waals surface area contributed by atoms with Crippen molar-refractivity contribution < 1.29 is 5.11 Å². The first-order valence-corrected chi connectivity index (χ1v) is 6.61. The van der Waals surface area contributed by atoms with Crippen LogP contribution < -0.4 is 0 Å². The minimum atomic E-state index is -0.487. The first-order chi connectivity index (χ1) is 8.11. The van der Waals surface area contributed by atoms with Crippen molar-refractivity contribution in [1.82, 2.24) is 4.90 Å². The zero-order valence-corrected chi connectivity index (χ0v) is 10.9. The van der Waals surface area contributed by atoms with E-state index in [0.29, 0.717) is 0 Å². The SMILES string of the molecule is CCN1CCC(O)(Cc2cccc(C)c2)CC1. The van der Waals surface area contributed by atoms with Crippen molar-refractivity contribution in [3.8, 4) is 0 Å². The molecule has 1 fully saturated rings. The Morgan fingerprint density at radius 1 is 1.29 bits per heavy atom. The lowest BCUT2D eigenvalue weighted by Crippen LogP contribution is -2.45. The van der Waals surface area contributed by atoms with Crippen molar-refractivity contribution in [2.75, 3.05) is 19.6 Å². The van der Waals surface area contributed by atoms with Gasteiger partial charge in [-0.3, -0.25) is 0 Å². The number of hydrogen-bond acceptors (Lipinski definition) is 2. The summed E-state index contributed by atoms with van der Waals surface area (Å²) in [5.41, 5.74) is 2.05. The molecule has 1 aliphatic rings. The van der Waals surface area contributed by atoms with E-state index in [1.807, 2.05) is 0 Å². The lowest BCUT2D eigenvalue weighted by Gasteiger charge is -2.38. The highest BCUT2D eigenvalue weighted by Gasteiger charge is 2.31. The van der Waals surface area contributed by atoms with Crippen LogP contribution in [0.1, 0.15) is 30.9 Å². The van der Waals surface area contributed by atoms with E-state index in [0.717, 1.165) is 38.9 Å². The molecular formula is C15H23NO. The average molecular weight is 233 g/mol. The fourth-order valence-corrected chi connectivity index (χ4v) is 2.66. The Bertz CT molecular complexity index is 367. The van der Waals surface area contributed by atoms with Gasteiger partial charge < -0.3 is 10.0 Å². The fourth-order valence-electron chi connectivity index (χ4n) is 2.66. The molecule has 1 saturated heterocycles. The molecule has 0 spiro atoms. The molecular weight excluding hydrogens is 210 g/mol. The van der Waals surface area contributed by atoms with Gasteiger partial charge in [-0.15, -0.1) is 0 Å². The molecule has 17 heavy (non-hydrogen) atoms. The van der Waals surface area contributed by atoms with E-state index < -0.39 is 5.60 Å². The molecule has 2 heteroatoms. The van der Waals surface area contributed by atoms with Crippen molar-refractivity contribution >= 4 is 0 Å². The van der Waals surface area contributed by atoms with Crippen LogP contribution in [0.4, 0.5) is 0 Å². The maximum atomic E-state index is 10.6. The van der Waals surface area contributed by atoms with Gasteiger partial charge in [0, 0.05) is 19.5 Å². The van der Waals surface area contributed by atoms with Crippen LogP contribution in [0.15, 0.2) is 24.3 Å². The third-order valence-electron chi connectivity index (χ3n) is 3.85.